The van der Waals surface area contributed by atoms with Crippen molar-refractivity contribution in [2.45, 2.75) is 75.5 Å². The van der Waals surface area contributed by atoms with E-state index in [4.69, 9.17) is 11.6 Å². The quantitative estimate of drug-likeness (QED) is 0.248. The summed E-state index contributed by atoms with van der Waals surface area (Å²) in [5.74, 6) is -0.310. The van der Waals surface area contributed by atoms with Crippen molar-refractivity contribution in [1.82, 2.24) is 0 Å². The lowest BCUT2D eigenvalue weighted by Crippen LogP contribution is -2.18. The summed E-state index contributed by atoms with van der Waals surface area (Å²) in [4.78, 5) is 0. The Morgan fingerprint density at radius 3 is 1.79 bits per heavy atom. The average molecular weight is 417 g/mol. The van der Waals surface area contributed by atoms with E-state index in [9.17, 15) is 17.6 Å². The number of allylic oxidation sites excluding steroid dienone is 1. The van der Waals surface area contributed by atoms with Crippen LogP contribution in [0.1, 0.15) is 81.3 Å². The SMILES string of the molecule is C=CC1CCC(CCC2CCC(c3cc(F)c(C(F)(F)Cl)c(F)c3)CC2)CC1. The summed E-state index contributed by atoms with van der Waals surface area (Å²) >= 11 is 4.82. The molecular weight excluding hydrogens is 388 g/mol. The molecule has 28 heavy (non-hydrogen) atoms. The zero-order valence-corrected chi connectivity index (χ0v) is 17.0. The molecule has 156 valence electrons. The van der Waals surface area contributed by atoms with Gasteiger partial charge >= 0.3 is 5.38 Å². The monoisotopic (exact) mass is 416 g/mol. The van der Waals surface area contributed by atoms with Crippen LogP contribution in [0.4, 0.5) is 17.6 Å². The summed E-state index contributed by atoms with van der Waals surface area (Å²) in [5.41, 5.74) is -0.876. The van der Waals surface area contributed by atoms with Gasteiger partial charge in [-0.15, -0.1) is 6.58 Å². The molecule has 0 radical (unpaired) electrons. The summed E-state index contributed by atoms with van der Waals surface area (Å²) in [5, 5.41) is -4.03. The maximum absolute atomic E-state index is 14.0. The lowest BCUT2D eigenvalue weighted by molar-refractivity contribution is 0.0857. The lowest BCUT2D eigenvalue weighted by Gasteiger charge is -2.31. The lowest BCUT2D eigenvalue weighted by atomic mass is 9.74. The molecule has 1 aromatic rings. The molecule has 3 rings (SSSR count). The first-order valence-electron chi connectivity index (χ1n) is 10.5. The van der Waals surface area contributed by atoms with Crippen molar-refractivity contribution in [2.75, 3.05) is 0 Å². The zero-order chi connectivity index (χ0) is 20.3. The third kappa shape index (κ3) is 5.31. The highest BCUT2D eigenvalue weighted by Crippen LogP contribution is 2.42. The van der Waals surface area contributed by atoms with Crippen LogP contribution in [0, 0.1) is 29.4 Å². The molecule has 0 spiro atoms. The Morgan fingerprint density at radius 1 is 0.893 bits per heavy atom. The highest BCUT2D eigenvalue weighted by molar-refractivity contribution is 6.21. The summed E-state index contributed by atoms with van der Waals surface area (Å²) < 4.78 is 54.3. The second-order valence-corrected chi connectivity index (χ2v) is 9.14. The van der Waals surface area contributed by atoms with E-state index >= 15 is 0 Å². The summed E-state index contributed by atoms with van der Waals surface area (Å²) in [6.45, 7) is 3.90. The van der Waals surface area contributed by atoms with E-state index in [1.54, 1.807) is 0 Å². The number of hydrogen-bond donors (Lipinski definition) is 0. The second kappa shape index (κ2) is 9.19. The molecule has 2 aliphatic carbocycles. The average Bonchev–Trinajstić information content (AvgIpc) is 2.65. The van der Waals surface area contributed by atoms with Crippen molar-refractivity contribution >= 4 is 11.6 Å². The van der Waals surface area contributed by atoms with Gasteiger partial charge in [0.25, 0.3) is 0 Å². The largest absolute Gasteiger partial charge is 0.353 e. The Morgan fingerprint density at radius 2 is 1.36 bits per heavy atom. The smallest absolute Gasteiger partial charge is 0.206 e. The topological polar surface area (TPSA) is 0 Å². The molecule has 0 heterocycles. The van der Waals surface area contributed by atoms with Crippen molar-refractivity contribution in [3.8, 4) is 0 Å². The molecular formula is C23H29ClF4. The Kier molecular flexibility index (Phi) is 7.12. The number of hydrogen-bond acceptors (Lipinski definition) is 0. The number of alkyl halides is 3. The van der Waals surface area contributed by atoms with Crippen molar-refractivity contribution < 1.29 is 17.6 Å². The van der Waals surface area contributed by atoms with E-state index in [-0.39, 0.29) is 5.92 Å². The van der Waals surface area contributed by atoms with Gasteiger partial charge in [-0.2, -0.15) is 8.78 Å². The fourth-order valence-corrected chi connectivity index (χ4v) is 5.25. The van der Waals surface area contributed by atoms with Crippen LogP contribution in [0.25, 0.3) is 0 Å². The third-order valence-electron chi connectivity index (χ3n) is 6.87. The minimum absolute atomic E-state index is 0.0290. The molecule has 2 fully saturated rings. The molecule has 0 saturated heterocycles. The molecule has 0 N–H and O–H groups in total. The van der Waals surface area contributed by atoms with Gasteiger partial charge in [0.05, 0.1) is 0 Å². The van der Waals surface area contributed by atoms with Crippen LogP contribution >= 0.6 is 11.6 Å². The molecule has 1 aromatic carbocycles. The first-order chi connectivity index (χ1) is 13.3. The van der Waals surface area contributed by atoms with Crippen molar-refractivity contribution in [3.63, 3.8) is 0 Å². The second-order valence-electron chi connectivity index (χ2n) is 8.67. The molecule has 0 bridgehead atoms. The molecule has 0 aromatic heterocycles. The van der Waals surface area contributed by atoms with Gasteiger partial charge in [0.1, 0.15) is 17.2 Å². The van der Waals surface area contributed by atoms with Crippen LogP contribution in [-0.4, -0.2) is 0 Å². The van der Waals surface area contributed by atoms with Crippen LogP contribution in [0.15, 0.2) is 24.8 Å². The number of benzene rings is 1. The highest BCUT2D eigenvalue weighted by atomic mass is 35.5. The predicted molar refractivity (Wildman–Crippen MR) is 106 cm³/mol. The van der Waals surface area contributed by atoms with Crippen LogP contribution in [0.2, 0.25) is 0 Å². The maximum Gasteiger partial charge on any atom is 0.353 e. The van der Waals surface area contributed by atoms with E-state index in [1.165, 1.54) is 38.5 Å². The van der Waals surface area contributed by atoms with Crippen LogP contribution in [-0.2, 0) is 5.38 Å². The van der Waals surface area contributed by atoms with E-state index in [1.807, 2.05) is 0 Å². The molecule has 5 heteroatoms. The van der Waals surface area contributed by atoms with Crippen molar-refractivity contribution in [3.05, 3.63) is 47.5 Å². The zero-order valence-electron chi connectivity index (χ0n) is 16.2. The minimum Gasteiger partial charge on any atom is -0.206 e. The fourth-order valence-electron chi connectivity index (χ4n) is 5.07. The van der Waals surface area contributed by atoms with E-state index < -0.39 is 22.6 Å². The molecule has 2 saturated carbocycles. The molecule has 0 atom stereocenters. The normalized spacial score (nSPS) is 28.9. The Hall–Kier alpha value is -1.03. The minimum atomic E-state index is -4.03. The van der Waals surface area contributed by atoms with Gasteiger partial charge in [0, 0.05) is 0 Å². The van der Waals surface area contributed by atoms with Gasteiger partial charge in [-0.05, 0) is 104 Å². The Balaban J connectivity index is 1.50. The fraction of sp³-hybridized carbons (Fsp3) is 0.652. The number of rotatable bonds is 6. The van der Waals surface area contributed by atoms with Gasteiger partial charge < -0.3 is 0 Å². The first kappa shape index (κ1) is 21.7. The van der Waals surface area contributed by atoms with Crippen molar-refractivity contribution in [2.24, 2.45) is 17.8 Å². The van der Waals surface area contributed by atoms with Crippen LogP contribution in [0.5, 0.6) is 0 Å². The predicted octanol–water partition coefficient (Wildman–Crippen LogP) is 8.30. The Bertz CT molecular complexity index is 643. The highest BCUT2D eigenvalue weighted by Gasteiger charge is 2.36. The summed E-state index contributed by atoms with van der Waals surface area (Å²) in [6.07, 6.45) is 13.4. The molecule has 2 aliphatic rings. The summed E-state index contributed by atoms with van der Waals surface area (Å²) in [7, 11) is 0. The van der Waals surface area contributed by atoms with Gasteiger partial charge in [0.15, 0.2) is 0 Å². The van der Waals surface area contributed by atoms with Gasteiger partial charge in [0.2, 0.25) is 0 Å². The maximum atomic E-state index is 14.0. The van der Waals surface area contributed by atoms with Crippen LogP contribution in [0.3, 0.4) is 0 Å². The molecule has 0 nitrogen and oxygen atoms in total. The van der Waals surface area contributed by atoms with Gasteiger partial charge in [-0.25, -0.2) is 8.78 Å². The standard InChI is InChI=1S/C23H29ClF4/c1-2-15-3-5-16(6-4-15)7-8-17-9-11-18(12-10-17)19-13-20(25)22(21(26)14-19)23(24,27)28/h2,13-18H,1,3-12H2. The number of halogens is 5. The summed E-state index contributed by atoms with van der Waals surface area (Å²) in [6, 6.07) is 2.08. The van der Waals surface area contributed by atoms with Crippen molar-refractivity contribution in [1.29, 1.82) is 0 Å². The first-order valence-corrected chi connectivity index (χ1v) is 10.8. The van der Waals surface area contributed by atoms with E-state index in [0.29, 0.717) is 17.4 Å². The molecule has 0 unspecified atom stereocenters. The van der Waals surface area contributed by atoms with Gasteiger partial charge in [-0.3, -0.25) is 0 Å². The van der Waals surface area contributed by atoms with E-state index in [0.717, 1.165) is 43.7 Å². The molecule has 0 aliphatic heterocycles. The third-order valence-corrected chi connectivity index (χ3v) is 7.06. The van der Waals surface area contributed by atoms with Crippen LogP contribution < -0.4 is 0 Å². The Labute approximate surface area is 170 Å². The van der Waals surface area contributed by atoms with E-state index in [2.05, 4.69) is 12.7 Å². The molecule has 0 amide bonds. The van der Waals surface area contributed by atoms with Gasteiger partial charge in [-0.1, -0.05) is 18.9 Å².